The smallest absolute Gasteiger partial charge is 0.224 e. The Morgan fingerprint density at radius 1 is 1.31 bits per heavy atom. The number of likely N-dealkylation sites (tertiary alicyclic amines) is 1. The minimum atomic E-state index is 0.0723. The predicted molar refractivity (Wildman–Crippen MR) is 61.7 cm³/mol. The van der Waals surface area contributed by atoms with E-state index < -0.39 is 0 Å². The van der Waals surface area contributed by atoms with Gasteiger partial charge in [0.05, 0.1) is 0 Å². The van der Waals surface area contributed by atoms with Crippen LogP contribution in [0.25, 0.3) is 0 Å². The highest BCUT2D eigenvalue weighted by Gasteiger charge is 2.31. The topological polar surface area (TPSA) is 66.6 Å². The molecule has 16 heavy (non-hydrogen) atoms. The Bertz CT molecular complexity index is 245. The van der Waals surface area contributed by atoms with Crippen molar-refractivity contribution in [2.24, 2.45) is 17.6 Å². The molecule has 2 fully saturated rings. The average molecular weight is 226 g/mol. The number of amides is 1. The Morgan fingerprint density at radius 3 is 2.44 bits per heavy atom. The highest BCUT2D eigenvalue weighted by molar-refractivity contribution is 5.77. The lowest BCUT2D eigenvalue weighted by Gasteiger charge is -2.31. The summed E-state index contributed by atoms with van der Waals surface area (Å²) in [6.45, 7) is 1.84. The third kappa shape index (κ3) is 2.95. The molecule has 0 spiro atoms. The largest absolute Gasteiger partial charge is 0.396 e. The van der Waals surface area contributed by atoms with Gasteiger partial charge in [0.25, 0.3) is 0 Å². The summed E-state index contributed by atoms with van der Waals surface area (Å²) >= 11 is 0. The van der Waals surface area contributed by atoms with E-state index >= 15 is 0 Å². The zero-order chi connectivity index (χ0) is 11.5. The molecule has 92 valence electrons. The van der Waals surface area contributed by atoms with Gasteiger partial charge in [0.15, 0.2) is 0 Å². The highest BCUT2D eigenvalue weighted by Crippen LogP contribution is 2.33. The van der Waals surface area contributed by atoms with Gasteiger partial charge >= 0.3 is 0 Å². The van der Waals surface area contributed by atoms with E-state index in [2.05, 4.69) is 0 Å². The molecule has 1 aliphatic heterocycles. The number of carbonyl (C=O) groups is 1. The molecule has 1 saturated heterocycles. The number of hydrogen-bond acceptors (Lipinski definition) is 3. The van der Waals surface area contributed by atoms with Crippen LogP contribution in [0, 0.1) is 11.8 Å². The first-order valence-corrected chi connectivity index (χ1v) is 6.35. The van der Waals surface area contributed by atoms with Crippen LogP contribution in [0.1, 0.15) is 32.1 Å². The molecular weight excluding hydrogens is 204 g/mol. The lowest BCUT2D eigenvalue weighted by Crippen LogP contribution is -2.42. The quantitative estimate of drug-likeness (QED) is 0.726. The molecule has 1 heterocycles. The Labute approximate surface area is 96.8 Å². The number of piperidine rings is 1. The molecule has 0 radical (unpaired) electrons. The molecule has 2 rings (SSSR count). The van der Waals surface area contributed by atoms with Crippen LogP contribution < -0.4 is 5.73 Å². The van der Waals surface area contributed by atoms with E-state index in [1.54, 1.807) is 0 Å². The van der Waals surface area contributed by atoms with Crippen molar-refractivity contribution in [3.63, 3.8) is 0 Å². The second-order valence-corrected chi connectivity index (χ2v) is 5.21. The summed E-state index contributed by atoms with van der Waals surface area (Å²) in [6, 6.07) is 0.0723. The van der Waals surface area contributed by atoms with Crippen molar-refractivity contribution in [3.8, 4) is 0 Å². The van der Waals surface area contributed by atoms with E-state index in [1.165, 1.54) is 12.8 Å². The number of aliphatic hydroxyl groups is 1. The summed E-state index contributed by atoms with van der Waals surface area (Å²) in [6.07, 6.45) is 4.76. The fraction of sp³-hybridized carbons (Fsp3) is 0.917. The Kier molecular flexibility index (Phi) is 3.82. The van der Waals surface area contributed by atoms with Crippen LogP contribution in [0.4, 0.5) is 0 Å². The van der Waals surface area contributed by atoms with Crippen molar-refractivity contribution in [2.75, 3.05) is 19.7 Å². The molecule has 0 bridgehead atoms. The third-order valence-corrected chi connectivity index (χ3v) is 3.86. The standard InChI is InChI=1S/C12H22N2O2/c13-11(10-1-2-10)7-12(16)14-5-3-9(8-15)4-6-14/h9-11,15H,1-8,13H2/t11-/m1/s1. The number of nitrogens with two attached hydrogens (primary N) is 1. The molecule has 0 unspecified atom stereocenters. The first-order valence-electron chi connectivity index (χ1n) is 6.35. The molecule has 3 N–H and O–H groups in total. The number of aliphatic hydroxyl groups excluding tert-OH is 1. The molecule has 1 aliphatic carbocycles. The third-order valence-electron chi connectivity index (χ3n) is 3.86. The summed E-state index contributed by atoms with van der Waals surface area (Å²) in [5.74, 6) is 1.19. The molecule has 1 saturated carbocycles. The molecule has 4 nitrogen and oxygen atoms in total. The second-order valence-electron chi connectivity index (χ2n) is 5.21. The van der Waals surface area contributed by atoms with E-state index in [0.29, 0.717) is 18.3 Å². The van der Waals surface area contributed by atoms with Gasteiger partial charge in [-0.1, -0.05) is 0 Å². The summed E-state index contributed by atoms with van der Waals surface area (Å²) in [5, 5.41) is 9.02. The molecule has 0 aromatic rings. The zero-order valence-electron chi connectivity index (χ0n) is 9.77. The van der Waals surface area contributed by atoms with Crippen molar-refractivity contribution < 1.29 is 9.90 Å². The highest BCUT2D eigenvalue weighted by atomic mass is 16.3. The molecule has 4 heteroatoms. The van der Waals surface area contributed by atoms with Gasteiger partial charge in [0, 0.05) is 32.2 Å². The molecule has 1 atom stereocenters. The van der Waals surface area contributed by atoms with Crippen LogP contribution in [0.15, 0.2) is 0 Å². The first-order chi connectivity index (χ1) is 7.70. The zero-order valence-corrected chi connectivity index (χ0v) is 9.77. The summed E-state index contributed by atoms with van der Waals surface area (Å²) in [4.78, 5) is 13.8. The van der Waals surface area contributed by atoms with Crippen molar-refractivity contribution in [1.29, 1.82) is 0 Å². The number of hydrogen-bond donors (Lipinski definition) is 2. The van der Waals surface area contributed by atoms with Crippen LogP contribution in [0.3, 0.4) is 0 Å². The molecule has 0 aromatic carbocycles. The van der Waals surface area contributed by atoms with Gasteiger partial charge in [-0.05, 0) is 37.5 Å². The van der Waals surface area contributed by atoms with Gasteiger partial charge in [-0.2, -0.15) is 0 Å². The van der Waals surface area contributed by atoms with Crippen molar-refractivity contribution in [3.05, 3.63) is 0 Å². The van der Waals surface area contributed by atoms with E-state index in [4.69, 9.17) is 10.8 Å². The Balaban J connectivity index is 1.73. The van der Waals surface area contributed by atoms with E-state index in [1.807, 2.05) is 4.90 Å². The number of rotatable bonds is 4. The molecule has 2 aliphatic rings. The average Bonchev–Trinajstić information content (AvgIpc) is 3.13. The molecular formula is C12H22N2O2. The molecule has 1 amide bonds. The van der Waals surface area contributed by atoms with Crippen molar-refractivity contribution in [2.45, 2.75) is 38.1 Å². The van der Waals surface area contributed by atoms with Crippen molar-refractivity contribution >= 4 is 5.91 Å². The lowest BCUT2D eigenvalue weighted by atomic mass is 9.97. The van der Waals surface area contributed by atoms with Crippen LogP contribution in [0.2, 0.25) is 0 Å². The van der Waals surface area contributed by atoms with Gasteiger partial charge < -0.3 is 15.7 Å². The Hall–Kier alpha value is -0.610. The maximum Gasteiger partial charge on any atom is 0.224 e. The van der Waals surface area contributed by atoms with E-state index in [0.717, 1.165) is 25.9 Å². The van der Waals surface area contributed by atoms with Crippen LogP contribution in [-0.2, 0) is 4.79 Å². The van der Waals surface area contributed by atoms with E-state index in [-0.39, 0.29) is 18.6 Å². The van der Waals surface area contributed by atoms with Gasteiger partial charge in [-0.15, -0.1) is 0 Å². The fourth-order valence-corrected chi connectivity index (χ4v) is 2.39. The first kappa shape index (κ1) is 11.9. The number of carbonyl (C=O) groups excluding carboxylic acids is 1. The van der Waals surface area contributed by atoms with Crippen molar-refractivity contribution in [1.82, 2.24) is 4.90 Å². The monoisotopic (exact) mass is 226 g/mol. The van der Waals surface area contributed by atoms with Gasteiger partial charge in [-0.3, -0.25) is 4.79 Å². The fourth-order valence-electron chi connectivity index (χ4n) is 2.39. The van der Waals surface area contributed by atoms with Crippen LogP contribution >= 0.6 is 0 Å². The normalized spacial score (nSPS) is 24.5. The lowest BCUT2D eigenvalue weighted by molar-refractivity contribution is -0.133. The summed E-state index contributed by atoms with van der Waals surface area (Å²) in [7, 11) is 0. The molecule has 0 aromatic heterocycles. The van der Waals surface area contributed by atoms with Crippen LogP contribution in [0.5, 0.6) is 0 Å². The predicted octanol–water partition coefficient (Wildman–Crippen LogP) is 0.345. The minimum Gasteiger partial charge on any atom is -0.396 e. The summed E-state index contributed by atoms with van der Waals surface area (Å²) in [5.41, 5.74) is 5.95. The van der Waals surface area contributed by atoms with Gasteiger partial charge in [0.1, 0.15) is 0 Å². The summed E-state index contributed by atoms with van der Waals surface area (Å²) < 4.78 is 0. The minimum absolute atomic E-state index is 0.0723. The SMILES string of the molecule is N[C@H](CC(=O)N1CCC(CO)CC1)C1CC1. The van der Waals surface area contributed by atoms with Crippen LogP contribution in [-0.4, -0.2) is 41.7 Å². The maximum absolute atomic E-state index is 11.9. The van der Waals surface area contributed by atoms with E-state index in [9.17, 15) is 4.79 Å². The number of nitrogens with zero attached hydrogens (tertiary/aromatic N) is 1. The maximum atomic E-state index is 11.9. The Morgan fingerprint density at radius 2 is 1.94 bits per heavy atom. The van der Waals surface area contributed by atoms with Gasteiger partial charge in [-0.25, -0.2) is 0 Å². The second kappa shape index (κ2) is 5.15. The van der Waals surface area contributed by atoms with Gasteiger partial charge in [0.2, 0.25) is 5.91 Å².